The number of aromatic nitrogens is 1. The first-order valence-corrected chi connectivity index (χ1v) is 6.12. The maximum atomic E-state index is 9.22. The Kier molecular flexibility index (Phi) is 4.03. The second kappa shape index (κ2) is 5.32. The number of aliphatic hydroxyl groups excluding tert-OH is 1. The largest absolute Gasteiger partial charge is 0.395 e. The predicted octanol–water partition coefficient (Wildman–Crippen LogP) is 2.35. The molecular formula is C11H14Cl2N2O. The van der Waals surface area contributed by atoms with E-state index in [9.17, 15) is 5.11 Å². The Balaban J connectivity index is 2.11. The van der Waals surface area contributed by atoms with Crippen LogP contribution in [-0.2, 0) is 6.54 Å². The zero-order valence-corrected chi connectivity index (χ0v) is 10.4. The summed E-state index contributed by atoms with van der Waals surface area (Å²) >= 11 is 11.9. The number of nitrogens with zero attached hydrogens (tertiary/aromatic N) is 2. The first kappa shape index (κ1) is 12.1. The summed E-state index contributed by atoms with van der Waals surface area (Å²) in [5.41, 5.74) is 0.787. The molecule has 5 heteroatoms. The molecule has 0 saturated carbocycles. The quantitative estimate of drug-likeness (QED) is 0.848. The molecule has 1 aliphatic heterocycles. The van der Waals surface area contributed by atoms with E-state index in [1.165, 1.54) is 0 Å². The molecule has 1 saturated heterocycles. The highest BCUT2D eigenvalue weighted by molar-refractivity contribution is 6.32. The van der Waals surface area contributed by atoms with Crippen molar-refractivity contribution >= 4 is 23.2 Å². The molecule has 16 heavy (non-hydrogen) atoms. The normalized spacial score (nSPS) is 21.6. The van der Waals surface area contributed by atoms with Crippen molar-refractivity contribution in [3.8, 4) is 0 Å². The van der Waals surface area contributed by atoms with Crippen molar-refractivity contribution in [3.05, 3.63) is 28.0 Å². The van der Waals surface area contributed by atoms with Crippen LogP contribution in [0.3, 0.4) is 0 Å². The summed E-state index contributed by atoms with van der Waals surface area (Å²) in [6.07, 6.45) is 2.15. The summed E-state index contributed by atoms with van der Waals surface area (Å²) in [6.45, 7) is 1.83. The number of pyridine rings is 1. The maximum absolute atomic E-state index is 9.22. The highest BCUT2D eigenvalue weighted by atomic mass is 35.5. The average Bonchev–Trinajstić information content (AvgIpc) is 2.71. The van der Waals surface area contributed by atoms with Gasteiger partial charge >= 0.3 is 0 Å². The van der Waals surface area contributed by atoms with Crippen LogP contribution in [0.2, 0.25) is 10.2 Å². The smallest absolute Gasteiger partial charge is 0.129 e. The van der Waals surface area contributed by atoms with E-state index in [1.807, 2.05) is 0 Å². The molecule has 1 aromatic rings. The minimum Gasteiger partial charge on any atom is -0.395 e. The van der Waals surface area contributed by atoms with Gasteiger partial charge in [-0.15, -0.1) is 0 Å². The number of hydrogen-bond donors (Lipinski definition) is 1. The molecule has 0 aliphatic carbocycles. The molecule has 1 N–H and O–H groups in total. The number of hydrogen-bond acceptors (Lipinski definition) is 3. The standard InChI is InChI=1S/C11H14Cl2N2O/c12-9-3-4-11(13)14-10(9)6-15-5-1-2-8(15)7-16/h3-4,8,16H,1-2,5-7H2/t8-/m0/s1. The molecule has 3 nitrogen and oxygen atoms in total. The van der Waals surface area contributed by atoms with E-state index in [0.717, 1.165) is 25.1 Å². The van der Waals surface area contributed by atoms with E-state index >= 15 is 0 Å². The molecule has 0 unspecified atom stereocenters. The lowest BCUT2D eigenvalue weighted by Crippen LogP contribution is -2.32. The van der Waals surface area contributed by atoms with Crippen molar-refractivity contribution in [2.24, 2.45) is 0 Å². The van der Waals surface area contributed by atoms with E-state index in [0.29, 0.717) is 16.7 Å². The fraction of sp³-hybridized carbons (Fsp3) is 0.545. The number of rotatable bonds is 3. The minimum absolute atomic E-state index is 0.193. The Morgan fingerprint density at radius 3 is 3.00 bits per heavy atom. The molecule has 1 fully saturated rings. The van der Waals surface area contributed by atoms with Gasteiger partial charge in [0, 0.05) is 12.6 Å². The molecular weight excluding hydrogens is 247 g/mol. The summed E-state index contributed by atoms with van der Waals surface area (Å²) in [4.78, 5) is 6.41. The van der Waals surface area contributed by atoms with Crippen LogP contribution in [0.1, 0.15) is 18.5 Å². The van der Waals surface area contributed by atoms with Crippen molar-refractivity contribution in [2.75, 3.05) is 13.2 Å². The molecule has 2 rings (SSSR count). The van der Waals surface area contributed by atoms with Crippen molar-refractivity contribution < 1.29 is 5.11 Å². The van der Waals surface area contributed by atoms with Gasteiger partial charge in [-0.1, -0.05) is 23.2 Å². The van der Waals surface area contributed by atoms with Crippen LogP contribution in [-0.4, -0.2) is 34.2 Å². The van der Waals surface area contributed by atoms with Crippen molar-refractivity contribution in [1.82, 2.24) is 9.88 Å². The van der Waals surface area contributed by atoms with Gasteiger partial charge in [0.15, 0.2) is 0 Å². The molecule has 88 valence electrons. The summed E-state index contributed by atoms with van der Waals surface area (Å²) in [7, 11) is 0. The summed E-state index contributed by atoms with van der Waals surface area (Å²) in [6, 6.07) is 3.67. The third-order valence-corrected chi connectivity index (χ3v) is 3.50. The zero-order chi connectivity index (χ0) is 11.5. The SMILES string of the molecule is OC[C@@H]1CCCN1Cc1nc(Cl)ccc1Cl. The van der Waals surface area contributed by atoms with Gasteiger partial charge in [0.1, 0.15) is 5.15 Å². The van der Waals surface area contributed by atoms with Crippen LogP contribution in [0.4, 0.5) is 0 Å². The molecule has 0 radical (unpaired) electrons. The Bertz CT molecular complexity index is 373. The third kappa shape index (κ3) is 2.66. The van der Waals surface area contributed by atoms with Gasteiger partial charge in [-0.25, -0.2) is 4.98 Å². The number of likely N-dealkylation sites (tertiary alicyclic amines) is 1. The lowest BCUT2D eigenvalue weighted by atomic mass is 10.2. The van der Waals surface area contributed by atoms with Gasteiger partial charge in [0.05, 0.1) is 17.3 Å². The van der Waals surface area contributed by atoms with Gasteiger partial charge in [-0.2, -0.15) is 0 Å². The third-order valence-electron chi connectivity index (χ3n) is 2.95. The van der Waals surface area contributed by atoms with Crippen molar-refractivity contribution in [1.29, 1.82) is 0 Å². The molecule has 0 spiro atoms. The summed E-state index contributed by atoms with van der Waals surface area (Å²) in [5, 5.41) is 10.3. The van der Waals surface area contributed by atoms with Crippen LogP contribution in [0.15, 0.2) is 12.1 Å². The van der Waals surface area contributed by atoms with Crippen molar-refractivity contribution in [2.45, 2.75) is 25.4 Å². The fourth-order valence-corrected chi connectivity index (χ4v) is 2.40. The van der Waals surface area contributed by atoms with Crippen molar-refractivity contribution in [3.63, 3.8) is 0 Å². The van der Waals surface area contributed by atoms with E-state index < -0.39 is 0 Å². The zero-order valence-electron chi connectivity index (χ0n) is 8.87. The number of halogens is 2. The van der Waals surface area contributed by atoms with Crippen LogP contribution in [0, 0.1) is 0 Å². The van der Waals surface area contributed by atoms with E-state index in [2.05, 4.69) is 9.88 Å². The minimum atomic E-state index is 0.193. The first-order chi connectivity index (χ1) is 7.70. The van der Waals surface area contributed by atoms with Crippen LogP contribution in [0.25, 0.3) is 0 Å². The van der Waals surface area contributed by atoms with E-state index in [1.54, 1.807) is 12.1 Å². The van der Waals surface area contributed by atoms with Crippen LogP contribution >= 0.6 is 23.2 Å². The van der Waals surface area contributed by atoms with Gasteiger partial charge in [0.25, 0.3) is 0 Å². The van der Waals surface area contributed by atoms with E-state index in [4.69, 9.17) is 23.2 Å². The molecule has 0 amide bonds. The lowest BCUT2D eigenvalue weighted by Gasteiger charge is -2.22. The molecule has 1 atom stereocenters. The van der Waals surface area contributed by atoms with Gasteiger partial charge < -0.3 is 5.11 Å². The van der Waals surface area contributed by atoms with Crippen LogP contribution in [0.5, 0.6) is 0 Å². The Morgan fingerprint density at radius 1 is 1.44 bits per heavy atom. The molecule has 0 aromatic carbocycles. The summed E-state index contributed by atoms with van der Waals surface area (Å²) in [5.74, 6) is 0. The van der Waals surface area contributed by atoms with Gasteiger partial charge in [0.2, 0.25) is 0 Å². The summed E-state index contributed by atoms with van der Waals surface area (Å²) < 4.78 is 0. The van der Waals surface area contributed by atoms with Gasteiger partial charge in [-0.3, -0.25) is 4.90 Å². The highest BCUT2D eigenvalue weighted by Gasteiger charge is 2.24. The lowest BCUT2D eigenvalue weighted by molar-refractivity contribution is 0.152. The number of aliphatic hydroxyl groups is 1. The monoisotopic (exact) mass is 260 g/mol. The maximum Gasteiger partial charge on any atom is 0.129 e. The average molecular weight is 261 g/mol. The first-order valence-electron chi connectivity index (χ1n) is 5.36. The second-order valence-electron chi connectivity index (χ2n) is 4.01. The van der Waals surface area contributed by atoms with Gasteiger partial charge in [-0.05, 0) is 31.5 Å². The van der Waals surface area contributed by atoms with Crippen LogP contribution < -0.4 is 0 Å². The Labute approximate surface area is 105 Å². The van der Waals surface area contributed by atoms with E-state index in [-0.39, 0.29) is 12.6 Å². The molecule has 0 bridgehead atoms. The topological polar surface area (TPSA) is 36.4 Å². The molecule has 1 aliphatic rings. The second-order valence-corrected chi connectivity index (χ2v) is 4.81. The molecule has 1 aromatic heterocycles. The highest BCUT2D eigenvalue weighted by Crippen LogP contribution is 2.23. The Hall–Kier alpha value is -0.350. The Morgan fingerprint density at radius 2 is 2.25 bits per heavy atom. The molecule has 2 heterocycles. The predicted molar refractivity (Wildman–Crippen MR) is 64.8 cm³/mol. The fourth-order valence-electron chi connectivity index (χ4n) is 2.07.